The third-order valence-electron chi connectivity index (χ3n) is 2.68. The first-order chi connectivity index (χ1) is 9.21. The smallest absolute Gasteiger partial charge is 0.268 e. The van der Waals surface area contributed by atoms with Gasteiger partial charge in [0.15, 0.2) is 0 Å². The summed E-state index contributed by atoms with van der Waals surface area (Å²) in [5.74, 6) is -1.52. The Bertz CT molecular complexity index is 584. The second kappa shape index (κ2) is 5.10. The molecule has 1 aliphatic rings. The Morgan fingerprint density at radius 1 is 0.950 bits per heavy atom. The maximum absolute atomic E-state index is 12.4. The van der Waals surface area contributed by atoms with E-state index in [1.165, 1.54) is 12.1 Å². The van der Waals surface area contributed by atoms with Crippen molar-refractivity contribution in [1.82, 2.24) is 4.90 Å². The molecule has 0 unspecified atom stereocenters. The van der Waals surface area contributed by atoms with Crippen molar-refractivity contribution in [3.63, 3.8) is 0 Å². The Kier molecular flexibility index (Phi) is 3.80. The molecule has 2 amide bonds. The van der Waals surface area contributed by atoms with Crippen molar-refractivity contribution in [2.45, 2.75) is 12.7 Å². The van der Waals surface area contributed by atoms with Crippen molar-refractivity contribution in [3.05, 3.63) is 45.5 Å². The van der Waals surface area contributed by atoms with Crippen LogP contribution < -0.4 is 0 Å². The summed E-state index contributed by atoms with van der Waals surface area (Å²) < 4.78 is 37.2. The van der Waals surface area contributed by atoms with E-state index in [0.717, 1.165) is 17.0 Å². The SMILES string of the molecule is O=C1C(Cl)=C(Cl)C(=O)N1Cc1ccc(C(F)(F)F)cc1. The van der Waals surface area contributed by atoms with E-state index in [0.29, 0.717) is 5.56 Å². The van der Waals surface area contributed by atoms with Gasteiger partial charge >= 0.3 is 6.18 Å². The Hall–Kier alpha value is -1.53. The van der Waals surface area contributed by atoms with Gasteiger partial charge < -0.3 is 0 Å². The first-order valence-corrected chi connectivity index (χ1v) is 6.05. The number of halogens is 5. The van der Waals surface area contributed by atoms with Gasteiger partial charge in [-0.2, -0.15) is 13.2 Å². The number of benzene rings is 1. The Labute approximate surface area is 121 Å². The molecule has 8 heteroatoms. The van der Waals surface area contributed by atoms with Gasteiger partial charge in [-0.15, -0.1) is 0 Å². The lowest BCUT2D eigenvalue weighted by molar-refractivity contribution is -0.139. The van der Waals surface area contributed by atoms with Gasteiger partial charge in [0, 0.05) is 0 Å². The molecule has 1 aromatic carbocycles. The van der Waals surface area contributed by atoms with Crippen LogP contribution in [0, 0.1) is 0 Å². The van der Waals surface area contributed by atoms with Gasteiger partial charge in [0.25, 0.3) is 11.8 Å². The summed E-state index contributed by atoms with van der Waals surface area (Å²) in [5, 5.41) is -0.771. The lowest BCUT2D eigenvalue weighted by Crippen LogP contribution is -2.30. The van der Waals surface area contributed by atoms with E-state index in [-0.39, 0.29) is 16.6 Å². The number of hydrogen-bond acceptors (Lipinski definition) is 2. The van der Waals surface area contributed by atoms with E-state index in [1.807, 2.05) is 0 Å². The molecule has 0 spiro atoms. The zero-order valence-electron chi connectivity index (χ0n) is 9.67. The highest BCUT2D eigenvalue weighted by molar-refractivity contribution is 6.58. The number of carbonyl (C=O) groups is 2. The molecule has 0 aromatic heterocycles. The number of rotatable bonds is 2. The molecule has 2 rings (SSSR count). The fraction of sp³-hybridized carbons (Fsp3) is 0.167. The van der Waals surface area contributed by atoms with Gasteiger partial charge in [-0.25, -0.2) is 0 Å². The summed E-state index contributed by atoms with van der Waals surface area (Å²) in [6.07, 6.45) is -4.44. The number of imide groups is 1. The molecule has 1 heterocycles. The number of alkyl halides is 3. The first kappa shape index (κ1) is 14.9. The van der Waals surface area contributed by atoms with Crippen LogP contribution in [0.25, 0.3) is 0 Å². The second-order valence-electron chi connectivity index (χ2n) is 4.02. The number of amides is 2. The minimum Gasteiger partial charge on any atom is -0.268 e. The molecule has 1 aliphatic heterocycles. The third kappa shape index (κ3) is 2.66. The maximum Gasteiger partial charge on any atom is 0.416 e. The average molecular weight is 324 g/mol. The highest BCUT2D eigenvalue weighted by Crippen LogP contribution is 2.30. The van der Waals surface area contributed by atoms with E-state index >= 15 is 0 Å². The molecule has 0 saturated carbocycles. The Balaban J connectivity index is 2.17. The summed E-state index contributed by atoms with van der Waals surface area (Å²) in [5.41, 5.74) is -0.454. The van der Waals surface area contributed by atoms with Crippen molar-refractivity contribution in [3.8, 4) is 0 Å². The van der Waals surface area contributed by atoms with Gasteiger partial charge in [-0.05, 0) is 17.7 Å². The van der Waals surface area contributed by atoms with Crippen LogP contribution in [0.4, 0.5) is 13.2 Å². The lowest BCUT2D eigenvalue weighted by atomic mass is 10.1. The fourth-order valence-corrected chi connectivity index (χ4v) is 2.01. The van der Waals surface area contributed by atoms with Crippen LogP contribution in [0.5, 0.6) is 0 Å². The normalized spacial score (nSPS) is 16.4. The average Bonchev–Trinajstić information content (AvgIpc) is 2.56. The van der Waals surface area contributed by atoms with E-state index in [9.17, 15) is 22.8 Å². The molecule has 0 atom stereocenters. The predicted octanol–water partition coefficient (Wildman–Crippen LogP) is 3.26. The predicted molar refractivity (Wildman–Crippen MR) is 65.7 cm³/mol. The fourth-order valence-electron chi connectivity index (χ4n) is 1.64. The van der Waals surface area contributed by atoms with Crippen LogP contribution in [-0.4, -0.2) is 16.7 Å². The van der Waals surface area contributed by atoms with Crippen molar-refractivity contribution < 1.29 is 22.8 Å². The van der Waals surface area contributed by atoms with Crippen LogP contribution in [0.2, 0.25) is 0 Å². The Morgan fingerprint density at radius 3 is 1.80 bits per heavy atom. The van der Waals surface area contributed by atoms with Gasteiger partial charge in [0.2, 0.25) is 0 Å². The van der Waals surface area contributed by atoms with Crippen LogP contribution in [0.1, 0.15) is 11.1 Å². The van der Waals surface area contributed by atoms with Gasteiger partial charge in [0.05, 0.1) is 12.1 Å². The highest BCUT2D eigenvalue weighted by Gasteiger charge is 2.36. The monoisotopic (exact) mass is 323 g/mol. The summed E-state index contributed by atoms with van der Waals surface area (Å²) in [6, 6.07) is 4.11. The third-order valence-corrected chi connectivity index (χ3v) is 3.48. The molecule has 0 fully saturated rings. The molecule has 1 aromatic rings. The molecule has 0 N–H and O–H groups in total. The summed E-state index contributed by atoms with van der Waals surface area (Å²) in [4.78, 5) is 24.0. The number of hydrogen-bond donors (Lipinski definition) is 0. The molecule has 0 radical (unpaired) electrons. The molecule has 0 aliphatic carbocycles. The van der Waals surface area contributed by atoms with Crippen LogP contribution in [0.3, 0.4) is 0 Å². The van der Waals surface area contributed by atoms with E-state index in [4.69, 9.17) is 23.2 Å². The highest BCUT2D eigenvalue weighted by atomic mass is 35.5. The van der Waals surface area contributed by atoms with Gasteiger partial charge in [0.1, 0.15) is 10.1 Å². The molecule has 0 saturated heterocycles. The quantitative estimate of drug-likeness (QED) is 0.783. The largest absolute Gasteiger partial charge is 0.416 e. The molecule has 3 nitrogen and oxygen atoms in total. The number of carbonyl (C=O) groups excluding carboxylic acids is 2. The van der Waals surface area contributed by atoms with Crippen molar-refractivity contribution >= 4 is 35.0 Å². The van der Waals surface area contributed by atoms with Crippen LogP contribution in [-0.2, 0) is 22.3 Å². The molecular formula is C12H6Cl2F3NO2. The summed E-state index contributed by atoms with van der Waals surface area (Å²) >= 11 is 11.1. The standard InChI is InChI=1S/C12H6Cl2F3NO2/c13-8-9(14)11(20)18(10(8)19)5-6-1-3-7(4-2-6)12(15,16)17/h1-4H,5H2. The molecular weight excluding hydrogens is 318 g/mol. The Morgan fingerprint density at radius 2 is 1.40 bits per heavy atom. The van der Waals surface area contributed by atoms with Crippen molar-refractivity contribution in [1.29, 1.82) is 0 Å². The van der Waals surface area contributed by atoms with Crippen molar-refractivity contribution in [2.75, 3.05) is 0 Å². The van der Waals surface area contributed by atoms with Crippen LogP contribution >= 0.6 is 23.2 Å². The lowest BCUT2D eigenvalue weighted by Gasteiger charge is -2.14. The topological polar surface area (TPSA) is 37.4 Å². The maximum atomic E-state index is 12.4. The van der Waals surface area contributed by atoms with Crippen LogP contribution in [0.15, 0.2) is 34.3 Å². The molecule has 0 bridgehead atoms. The second-order valence-corrected chi connectivity index (χ2v) is 4.78. The molecule has 20 heavy (non-hydrogen) atoms. The minimum absolute atomic E-state index is 0.192. The van der Waals surface area contributed by atoms with E-state index < -0.39 is 23.6 Å². The van der Waals surface area contributed by atoms with E-state index in [1.54, 1.807) is 0 Å². The minimum atomic E-state index is -4.44. The summed E-state index contributed by atoms with van der Waals surface area (Å²) in [7, 11) is 0. The van der Waals surface area contributed by atoms with Crippen molar-refractivity contribution in [2.24, 2.45) is 0 Å². The van der Waals surface area contributed by atoms with E-state index in [2.05, 4.69) is 0 Å². The zero-order valence-corrected chi connectivity index (χ0v) is 11.2. The zero-order chi connectivity index (χ0) is 15.1. The molecule has 106 valence electrons. The number of nitrogens with zero attached hydrogens (tertiary/aromatic N) is 1. The first-order valence-electron chi connectivity index (χ1n) is 5.29. The van der Waals surface area contributed by atoms with Gasteiger partial charge in [-0.3, -0.25) is 14.5 Å². The van der Waals surface area contributed by atoms with Gasteiger partial charge in [-0.1, -0.05) is 35.3 Å². The summed E-state index contributed by atoms with van der Waals surface area (Å²) in [6.45, 7) is -0.192.